The summed E-state index contributed by atoms with van der Waals surface area (Å²) in [6, 6.07) is 4.06. The lowest BCUT2D eigenvalue weighted by Gasteiger charge is -2.09. The Bertz CT molecular complexity index is 472. The van der Waals surface area contributed by atoms with Crippen LogP contribution in [0.3, 0.4) is 0 Å². The molecule has 0 saturated carbocycles. The van der Waals surface area contributed by atoms with Crippen LogP contribution in [0, 0.1) is 5.92 Å². The molecule has 0 heterocycles. The van der Waals surface area contributed by atoms with Crippen LogP contribution >= 0.6 is 23.2 Å². The number of imide groups is 1. The van der Waals surface area contributed by atoms with Crippen LogP contribution in [0.5, 0.6) is 5.75 Å². The van der Waals surface area contributed by atoms with E-state index in [1.54, 1.807) is 6.07 Å². The minimum atomic E-state index is -0.553. The number of hydrogen-bond acceptors (Lipinski definition) is 3. The third-order valence-electron chi connectivity index (χ3n) is 2.13. The summed E-state index contributed by atoms with van der Waals surface area (Å²) in [7, 11) is 0. The second kappa shape index (κ2) is 7.97. The number of rotatable bonds is 5. The average molecular weight is 319 g/mol. The Labute approximate surface area is 127 Å². The number of benzene rings is 1. The van der Waals surface area contributed by atoms with Gasteiger partial charge in [0, 0.05) is 16.6 Å². The van der Waals surface area contributed by atoms with Crippen LogP contribution in [0.4, 0.5) is 4.79 Å². The van der Waals surface area contributed by atoms with E-state index in [4.69, 9.17) is 27.9 Å². The minimum absolute atomic E-state index is 0.300. The molecule has 1 rings (SSSR count). The monoisotopic (exact) mass is 318 g/mol. The van der Waals surface area contributed by atoms with Crippen molar-refractivity contribution in [2.45, 2.75) is 13.8 Å². The van der Waals surface area contributed by atoms with Gasteiger partial charge in [0.25, 0.3) is 5.91 Å². The molecule has 0 atom stereocenters. The van der Waals surface area contributed by atoms with E-state index in [1.165, 1.54) is 12.1 Å². The van der Waals surface area contributed by atoms with Crippen molar-refractivity contribution in [1.82, 2.24) is 10.6 Å². The van der Waals surface area contributed by atoms with Gasteiger partial charge in [-0.05, 0) is 24.1 Å². The van der Waals surface area contributed by atoms with Crippen LogP contribution in [-0.4, -0.2) is 25.1 Å². The molecular formula is C13H16Cl2N2O3. The van der Waals surface area contributed by atoms with Gasteiger partial charge in [0.15, 0.2) is 6.61 Å². The molecule has 2 N–H and O–H groups in total. The third-order valence-corrected chi connectivity index (χ3v) is 2.57. The highest BCUT2D eigenvalue weighted by molar-refractivity contribution is 6.34. The first kappa shape index (κ1) is 16.6. The molecule has 0 aliphatic carbocycles. The van der Waals surface area contributed by atoms with Crippen molar-refractivity contribution in [3.05, 3.63) is 28.2 Å². The number of halogens is 2. The molecule has 0 unspecified atom stereocenters. The first-order valence-electron chi connectivity index (χ1n) is 6.03. The van der Waals surface area contributed by atoms with E-state index in [0.717, 1.165) is 0 Å². The van der Waals surface area contributed by atoms with E-state index in [0.29, 0.717) is 28.3 Å². The lowest BCUT2D eigenvalue weighted by atomic mass is 10.2. The molecule has 1 aromatic rings. The van der Waals surface area contributed by atoms with Gasteiger partial charge in [-0.1, -0.05) is 37.0 Å². The number of urea groups is 1. The molecule has 1 aromatic carbocycles. The summed E-state index contributed by atoms with van der Waals surface area (Å²) in [5, 5.41) is 5.53. The molecule has 110 valence electrons. The topological polar surface area (TPSA) is 67.4 Å². The van der Waals surface area contributed by atoms with Crippen molar-refractivity contribution in [2.75, 3.05) is 13.2 Å². The molecule has 0 aromatic heterocycles. The molecule has 0 radical (unpaired) electrons. The molecule has 0 spiro atoms. The molecule has 20 heavy (non-hydrogen) atoms. The number of hydrogen-bond donors (Lipinski definition) is 2. The fraction of sp³-hybridized carbons (Fsp3) is 0.385. The first-order valence-corrected chi connectivity index (χ1v) is 6.79. The Morgan fingerprint density at radius 1 is 1.20 bits per heavy atom. The van der Waals surface area contributed by atoms with Crippen molar-refractivity contribution in [3.63, 3.8) is 0 Å². The van der Waals surface area contributed by atoms with Gasteiger partial charge in [0.05, 0.1) is 0 Å². The van der Waals surface area contributed by atoms with Gasteiger partial charge in [0.2, 0.25) is 0 Å². The molecule has 7 heteroatoms. The zero-order valence-corrected chi connectivity index (χ0v) is 12.7. The normalized spacial score (nSPS) is 10.2. The summed E-state index contributed by atoms with van der Waals surface area (Å²) in [5.74, 6) is 0.114. The van der Waals surface area contributed by atoms with Crippen LogP contribution in [0.15, 0.2) is 18.2 Å². The summed E-state index contributed by atoms with van der Waals surface area (Å²) in [5.41, 5.74) is 0. The van der Waals surface area contributed by atoms with Crippen molar-refractivity contribution in [2.24, 2.45) is 5.92 Å². The zero-order valence-electron chi connectivity index (χ0n) is 11.2. The van der Waals surface area contributed by atoms with Gasteiger partial charge in [-0.3, -0.25) is 10.1 Å². The summed E-state index contributed by atoms with van der Waals surface area (Å²) in [6.45, 7) is 4.10. The number of ether oxygens (including phenoxy) is 1. The summed E-state index contributed by atoms with van der Waals surface area (Å²) < 4.78 is 5.19. The van der Waals surface area contributed by atoms with Gasteiger partial charge >= 0.3 is 6.03 Å². The van der Waals surface area contributed by atoms with E-state index in [-0.39, 0.29) is 6.61 Å². The SMILES string of the molecule is CC(C)CNC(=O)NC(=O)COc1cc(Cl)cc(Cl)c1. The Hall–Kier alpha value is -1.46. The van der Waals surface area contributed by atoms with E-state index in [2.05, 4.69) is 10.6 Å². The second-order valence-electron chi connectivity index (χ2n) is 4.55. The number of carbonyl (C=O) groups excluding carboxylic acids is 2. The maximum Gasteiger partial charge on any atom is 0.321 e. The van der Waals surface area contributed by atoms with Gasteiger partial charge < -0.3 is 10.1 Å². The molecular weight excluding hydrogens is 303 g/mol. The largest absolute Gasteiger partial charge is 0.484 e. The van der Waals surface area contributed by atoms with E-state index in [9.17, 15) is 9.59 Å². The molecule has 5 nitrogen and oxygen atoms in total. The smallest absolute Gasteiger partial charge is 0.321 e. The Morgan fingerprint density at radius 3 is 2.35 bits per heavy atom. The standard InChI is InChI=1S/C13H16Cl2N2O3/c1-8(2)6-16-13(19)17-12(18)7-20-11-4-9(14)3-10(15)5-11/h3-5,8H,6-7H2,1-2H3,(H2,16,17,18,19). The second-order valence-corrected chi connectivity index (χ2v) is 5.42. The minimum Gasteiger partial charge on any atom is -0.484 e. The maximum absolute atomic E-state index is 11.5. The highest BCUT2D eigenvalue weighted by Gasteiger charge is 2.09. The Kier molecular flexibility index (Phi) is 6.61. The Balaban J connectivity index is 2.37. The fourth-order valence-electron chi connectivity index (χ4n) is 1.26. The van der Waals surface area contributed by atoms with Crippen LogP contribution in [0.1, 0.15) is 13.8 Å². The fourth-order valence-corrected chi connectivity index (χ4v) is 1.77. The number of nitrogens with one attached hydrogen (secondary N) is 2. The van der Waals surface area contributed by atoms with Gasteiger partial charge in [-0.2, -0.15) is 0 Å². The third kappa shape index (κ3) is 6.63. The summed E-state index contributed by atoms with van der Waals surface area (Å²) in [6.07, 6.45) is 0. The summed E-state index contributed by atoms with van der Waals surface area (Å²) >= 11 is 11.6. The van der Waals surface area contributed by atoms with E-state index >= 15 is 0 Å². The lowest BCUT2D eigenvalue weighted by Crippen LogP contribution is -2.42. The molecule has 3 amide bonds. The zero-order chi connectivity index (χ0) is 15.1. The predicted octanol–water partition coefficient (Wildman–Crippen LogP) is 2.85. The molecule has 0 bridgehead atoms. The van der Waals surface area contributed by atoms with Crippen molar-refractivity contribution < 1.29 is 14.3 Å². The van der Waals surface area contributed by atoms with Crippen molar-refractivity contribution >= 4 is 35.1 Å². The van der Waals surface area contributed by atoms with Crippen molar-refractivity contribution in [1.29, 1.82) is 0 Å². The summed E-state index contributed by atoms with van der Waals surface area (Å²) in [4.78, 5) is 22.8. The molecule has 0 aliphatic heterocycles. The van der Waals surface area contributed by atoms with Crippen molar-refractivity contribution in [3.8, 4) is 5.75 Å². The van der Waals surface area contributed by atoms with Gasteiger partial charge in [-0.15, -0.1) is 0 Å². The predicted molar refractivity (Wildman–Crippen MR) is 78.3 cm³/mol. The van der Waals surface area contributed by atoms with Gasteiger partial charge in [0.1, 0.15) is 5.75 Å². The van der Waals surface area contributed by atoms with E-state index in [1.807, 2.05) is 13.8 Å². The quantitative estimate of drug-likeness (QED) is 0.877. The van der Waals surface area contributed by atoms with E-state index < -0.39 is 11.9 Å². The first-order chi connectivity index (χ1) is 9.36. The Morgan fingerprint density at radius 2 is 1.80 bits per heavy atom. The number of amides is 3. The number of carbonyl (C=O) groups is 2. The van der Waals surface area contributed by atoms with Crippen LogP contribution in [0.25, 0.3) is 0 Å². The maximum atomic E-state index is 11.5. The van der Waals surface area contributed by atoms with Crippen LogP contribution < -0.4 is 15.4 Å². The highest BCUT2D eigenvalue weighted by Crippen LogP contribution is 2.23. The van der Waals surface area contributed by atoms with Crippen LogP contribution in [-0.2, 0) is 4.79 Å². The molecule has 0 aliphatic rings. The average Bonchev–Trinajstić information content (AvgIpc) is 2.33. The molecule has 0 saturated heterocycles. The highest BCUT2D eigenvalue weighted by atomic mass is 35.5. The van der Waals surface area contributed by atoms with Crippen LogP contribution in [0.2, 0.25) is 10.0 Å². The molecule has 0 fully saturated rings. The lowest BCUT2D eigenvalue weighted by molar-refractivity contribution is -0.122. The van der Waals surface area contributed by atoms with Gasteiger partial charge in [-0.25, -0.2) is 4.79 Å².